The molecule has 0 aliphatic carbocycles. The Morgan fingerprint density at radius 3 is 2.58 bits per heavy atom. The predicted octanol–water partition coefficient (Wildman–Crippen LogP) is 4.64. The molecule has 10 heteroatoms. The van der Waals surface area contributed by atoms with Crippen LogP contribution in [0, 0.1) is 43.3 Å². The molecule has 2 heterocycles. The third-order valence-electron chi connectivity index (χ3n) is 7.20. The van der Waals surface area contributed by atoms with Gasteiger partial charge in [0.15, 0.2) is 5.75 Å². The summed E-state index contributed by atoms with van der Waals surface area (Å²) in [5.74, 6) is -0.716. The zero-order valence-electron chi connectivity index (χ0n) is 23.2. The number of carbonyl (C=O) groups is 2. The number of likely N-dealkylation sites (tertiary alicyclic amines) is 1. The number of halogens is 1. The molecular formula is C30H32FN5O4. The number of hydrogen-bond donors (Lipinski definition) is 2. The van der Waals surface area contributed by atoms with Gasteiger partial charge in [-0.05, 0) is 94.5 Å². The van der Waals surface area contributed by atoms with Crippen molar-refractivity contribution in [1.82, 2.24) is 20.4 Å². The van der Waals surface area contributed by atoms with Gasteiger partial charge in [-0.25, -0.2) is 9.49 Å². The monoisotopic (exact) mass is 545 g/mol. The number of hydrogen-bond acceptors (Lipinski definition) is 6. The van der Waals surface area contributed by atoms with Crippen molar-refractivity contribution in [2.24, 2.45) is 5.41 Å². The normalized spacial score (nSPS) is 16.9. The van der Waals surface area contributed by atoms with Gasteiger partial charge in [0.25, 0.3) is 5.91 Å². The Hall–Kier alpha value is -4.52. The number of amides is 2. The summed E-state index contributed by atoms with van der Waals surface area (Å²) in [4.78, 5) is 40.1. The number of benzene rings is 2. The smallest absolute Gasteiger partial charge is 0.307 e. The van der Waals surface area contributed by atoms with Gasteiger partial charge in [-0.2, -0.15) is 10.4 Å². The molecule has 1 aliphatic heterocycles. The largest absolute Gasteiger partial charge is 0.451 e. The van der Waals surface area contributed by atoms with Crippen LogP contribution in [0.5, 0.6) is 11.5 Å². The molecule has 2 atom stereocenters. The van der Waals surface area contributed by atoms with Crippen molar-refractivity contribution < 1.29 is 18.7 Å². The third kappa shape index (κ3) is 6.04. The lowest BCUT2D eigenvalue weighted by atomic mass is 9.84. The van der Waals surface area contributed by atoms with Gasteiger partial charge in [0.05, 0.1) is 35.8 Å². The van der Waals surface area contributed by atoms with E-state index in [-0.39, 0.29) is 24.0 Å². The molecular weight excluding hydrogens is 513 g/mol. The molecule has 9 nitrogen and oxygen atoms in total. The van der Waals surface area contributed by atoms with Crippen LogP contribution in [0.2, 0.25) is 0 Å². The molecule has 1 saturated heterocycles. The van der Waals surface area contributed by atoms with Crippen LogP contribution in [0.1, 0.15) is 65.5 Å². The summed E-state index contributed by atoms with van der Waals surface area (Å²) in [6.07, 6.45) is 1.17. The van der Waals surface area contributed by atoms with Crippen LogP contribution in [0.3, 0.4) is 0 Å². The molecule has 0 unspecified atom stereocenters. The van der Waals surface area contributed by atoms with Crippen molar-refractivity contribution in [3.8, 4) is 17.6 Å². The van der Waals surface area contributed by atoms with E-state index in [1.165, 1.54) is 18.2 Å². The number of aromatic amines is 1. The van der Waals surface area contributed by atoms with Gasteiger partial charge in [0, 0.05) is 11.6 Å². The Morgan fingerprint density at radius 1 is 1.15 bits per heavy atom. The van der Waals surface area contributed by atoms with Crippen LogP contribution < -0.4 is 15.6 Å². The first-order valence-corrected chi connectivity index (χ1v) is 13.0. The molecule has 0 radical (unpaired) electrons. The maximum atomic E-state index is 14.2. The van der Waals surface area contributed by atoms with Crippen molar-refractivity contribution in [2.75, 3.05) is 6.54 Å². The minimum Gasteiger partial charge on any atom is -0.451 e. The lowest BCUT2D eigenvalue weighted by Gasteiger charge is -2.36. The van der Waals surface area contributed by atoms with E-state index in [0.717, 1.165) is 5.56 Å². The van der Waals surface area contributed by atoms with E-state index in [1.54, 1.807) is 57.7 Å². The Morgan fingerprint density at radius 2 is 1.90 bits per heavy atom. The second-order valence-electron chi connectivity index (χ2n) is 10.8. The molecule has 1 aromatic heterocycles. The van der Waals surface area contributed by atoms with Crippen molar-refractivity contribution in [1.29, 1.82) is 5.26 Å². The van der Waals surface area contributed by atoms with Crippen molar-refractivity contribution in [3.63, 3.8) is 0 Å². The van der Waals surface area contributed by atoms with Crippen LogP contribution in [-0.2, 0) is 4.79 Å². The second kappa shape index (κ2) is 11.3. The number of aryl methyl sites for hydroxylation is 3. The van der Waals surface area contributed by atoms with E-state index in [4.69, 9.17) is 4.74 Å². The van der Waals surface area contributed by atoms with Crippen molar-refractivity contribution in [2.45, 2.75) is 59.5 Å². The number of nitrogens with one attached hydrogen (secondary N) is 2. The van der Waals surface area contributed by atoms with Crippen molar-refractivity contribution >= 4 is 11.8 Å². The Bertz CT molecular complexity index is 1540. The summed E-state index contributed by atoms with van der Waals surface area (Å²) < 4.78 is 19.9. The maximum Gasteiger partial charge on any atom is 0.307 e. The number of nitriles is 1. The lowest BCUT2D eigenvalue weighted by Crippen LogP contribution is -2.48. The average Bonchev–Trinajstić information content (AvgIpc) is 3.36. The summed E-state index contributed by atoms with van der Waals surface area (Å²) in [6.45, 7) is 8.53. The number of ether oxygens (including phenoxy) is 1. The minimum absolute atomic E-state index is 0.0851. The van der Waals surface area contributed by atoms with Gasteiger partial charge in [-0.3, -0.25) is 14.4 Å². The quantitative estimate of drug-likeness (QED) is 0.445. The van der Waals surface area contributed by atoms with Gasteiger partial charge in [0.1, 0.15) is 11.6 Å². The van der Waals surface area contributed by atoms with Gasteiger partial charge in [-0.15, -0.1) is 0 Å². The molecule has 40 heavy (non-hydrogen) atoms. The van der Waals surface area contributed by atoms with Gasteiger partial charge in [0.2, 0.25) is 5.91 Å². The topological polar surface area (TPSA) is 128 Å². The number of nitrogens with zero attached hydrogens (tertiary/aromatic N) is 3. The Labute approximate surface area is 232 Å². The van der Waals surface area contributed by atoms with Gasteiger partial charge >= 0.3 is 5.56 Å². The summed E-state index contributed by atoms with van der Waals surface area (Å²) in [5.41, 5.74) is 1.61. The SMILES string of the molecule is Cc1cc(F)cc([C@@H]2CC[C@H](C(C)(C)C#N)N2C(=O)CNC(=O)c2ccc(Oc3cc(C)n[nH]c3=O)c(C)c2)c1. The Kier molecular flexibility index (Phi) is 8.05. The zero-order chi connectivity index (χ0) is 29.2. The number of aromatic nitrogens is 2. The number of rotatable bonds is 7. The van der Waals surface area contributed by atoms with E-state index in [2.05, 4.69) is 21.6 Å². The van der Waals surface area contributed by atoms with Crippen LogP contribution in [0.15, 0.2) is 47.3 Å². The predicted molar refractivity (Wildman–Crippen MR) is 146 cm³/mol. The standard InChI is InChI=1S/C30H32FN5O4/c1-17-10-21(14-22(31)11-17)23-7-9-26(30(4,5)16-32)36(23)27(37)15-33-28(38)20-6-8-24(18(2)12-20)40-25-13-19(3)34-35-29(25)39/h6,8,10-14,23,26H,7,9,15H2,1-5H3,(H,33,38)(H,35,39)/t23-,26+/m0/s1. The highest BCUT2D eigenvalue weighted by atomic mass is 19.1. The van der Waals surface area contributed by atoms with E-state index in [9.17, 15) is 24.0 Å². The van der Waals surface area contributed by atoms with Crippen LogP contribution in [-0.4, -0.2) is 39.5 Å². The average molecular weight is 546 g/mol. The van der Waals surface area contributed by atoms with Crippen molar-refractivity contribution in [3.05, 3.63) is 86.6 Å². The van der Waals surface area contributed by atoms with Gasteiger partial charge < -0.3 is 15.0 Å². The number of carbonyl (C=O) groups excluding carboxylic acids is 2. The fourth-order valence-corrected chi connectivity index (χ4v) is 5.16. The van der Waals surface area contributed by atoms with E-state index in [1.807, 2.05) is 6.07 Å². The van der Waals surface area contributed by atoms with Crippen LogP contribution in [0.4, 0.5) is 4.39 Å². The first-order chi connectivity index (χ1) is 18.9. The molecule has 208 valence electrons. The Balaban J connectivity index is 1.50. The summed E-state index contributed by atoms with van der Waals surface area (Å²) >= 11 is 0. The zero-order valence-corrected chi connectivity index (χ0v) is 23.2. The highest BCUT2D eigenvalue weighted by Crippen LogP contribution is 2.43. The number of H-pyrrole nitrogens is 1. The highest BCUT2D eigenvalue weighted by Gasteiger charge is 2.45. The lowest BCUT2D eigenvalue weighted by molar-refractivity contribution is -0.134. The molecule has 1 aliphatic rings. The first-order valence-electron chi connectivity index (χ1n) is 13.0. The minimum atomic E-state index is -0.835. The summed E-state index contributed by atoms with van der Waals surface area (Å²) in [6, 6.07) is 12.4. The summed E-state index contributed by atoms with van der Waals surface area (Å²) in [5, 5.41) is 18.6. The molecule has 0 bridgehead atoms. The molecule has 1 fully saturated rings. The molecule has 2 amide bonds. The van der Waals surface area contributed by atoms with E-state index >= 15 is 0 Å². The molecule has 0 saturated carbocycles. The molecule has 0 spiro atoms. The van der Waals surface area contributed by atoms with Crippen LogP contribution in [0.25, 0.3) is 0 Å². The fourth-order valence-electron chi connectivity index (χ4n) is 5.16. The van der Waals surface area contributed by atoms with E-state index < -0.39 is 29.0 Å². The summed E-state index contributed by atoms with van der Waals surface area (Å²) in [7, 11) is 0. The van der Waals surface area contributed by atoms with Gasteiger partial charge in [-0.1, -0.05) is 6.07 Å². The van der Waals surface area contributed by atoms with Crippen LogP contribution >= 0.6 is 0 Å². The maximum absolute atomic E-state index is 14.2. The molecule has 3 aromatic rings. The molecule has 4 rings (SSSR count). The molecule has 2 N–H and O–H groups in total. The first kappa shape index (κ1) is 28.5. The highest BCUT2D eigenvalue weighted by molar-refractivity contribution is 5.97. The fraction of sp³-hybridized carbons (Fsp3) is 0.367. The second-order valence-corrected chi connectivity index (χ2v) is 10.8. The molecule has 2 aromatic carbocycles. The third-order valence-corrected chi connectivity index (χ3v) is 7.20. The van der Waals surface area contributed by atoms with E-state index in [0.29, 0.717) is 41.0 Å².